The van der Waals surface area contributed by atoms with Crippen LogP contribution in [0.15, 0.2) is 16.7 Å². The first kappa shape index (κ1) is 14.6. The molecular formula is C15H21NO4. The summed E-state index contributed by atoms with van der Waals surface area (Å²) >= 11 is 0. The molecule has 1 aromatic rings. The number of carboxylic acid groups (broad SMARTS) is 1. The Balaban J connectivity index is 2.09. The number of furan rings is 1. The van der Waals surface area contributed by atoms with Crippen LogP contribution in [-0.4, -0.2) is 23.0 Å². The molecule has 1 saturated carbocycles. The van der Waals surface area contributed by atoms with E-state index in [0.717, 1.165) is 25.7 Å². The van der Waals surface area contributed by atoms with E-state index in [1.807, 2.05) is 6.92 Å². The molecule has 0 aliphatic heterocycles. The Labute approximate surface area is 118 Å². The zero-order valence-corrected chi connectivity index (χ0v) is 11.7. The summed E-state index contributed by atoms with van der Waals surface area (Å²) in [5.74, 6) is -0.893. The number of carboxylic acids is 1. The van der Waals surface area contributed by atoms with Gasteiger partial charge in [-0.2, -0.15) is 0 Å². The van der Waals surface area contributed by atoms with E-state index in [1.165, 1.54) is 6.26 Å². The molecule has 5 heteroatoms. The monoisotopic (exact) mass is 279 g/mol. The third-order valence-corrected chi connectivity index (χ3v) is 3.96. The summed E-state index contributed by atoms with van der Waals surface area (Å²) in [6.07, 6.45) is 6.39. The van der Waals surface area contributed by atoms with Crippen molar-refractivity contribution in [3.63, 3.8) is 0 Å². The Morgan fingerprint density at radius 2 is 2.10 bits per heavy atom. The lowest BCUT2D eigenvalue weighted by molar-refractivity contribution is -0.142. The van der Waals surface area contributed by atoms with Crippen molar-refractivity contribution in [2.75, 3.05) is 0 Å². The molecule has 0 bridgehead atoms. The van der Waals surface area contributed by atoms with Gasteiger partial charge in [0.2, 0.25) is 0 Å². The summed E-state index contributed by atoms with van der Waals surface area (Å²) in [5.41, 5.74) is 0.515. The Morgan fingerprint density at radius 1 is 1.35 bits per heavy atom. The molecule has 1 aliphatic rings. The van der Waals surface area contributed by atoms with Crippen LogP contribution in [0.5, 0.6) is 0 Å². The van der Waals surface area contributed by atoms with Gasteiger partial charge >= 0.3 is 5.97 Å². The third kappa shape index (κ3) is 3.21. The molecule has 2 unspecified atom stereocenters. The van der Waals surface area contributed by atoms with Crippen LogP contribution in [0.25, 0.3) is 0 Å². The minimum Gasteiger partial charge on any atom is -0.481 e. The van der Waals surface area contributed by atoms with Crippen molar-refractivity contribution in [1.82, 2.24) is 5.32 Å². The van der Waals surface area contributed by atoms with Crippen molar-refractivity contribution in [3.8, 4) is 0 Å². The lowest BCUT2D eigenvalue weighted by atomic mass is 9.94. The number of rotatable bonds is 4. The van der Waals surface area contributed by atoms with Gasteiger partial charge in [0.05, 0.1) is 17.7 Å². The highest BCUT2D eigenvalue weighted by Gasteiger charge is 2.31. The predicted octanol–water partition coefficient (Wildman–Crippen LogP) is 2.61. The number of hydrogen-bond donors (Lipinski definition) is 2. The fraction of sp³-hybridized carbons (Fsp3) is 0.600. The molecule has 1 amide bonds. The Hall–Kier alpha value is -1.78. The molecule has 0 radical (unpaired) electrons. The minimum atomic E-state index is -0.819. The molecule has 110 valence electrons. The van der Waals surface area contributed by atoms with Gasteiger partial charge in [-0.25, -0.2) is 0 Å². The maximum absolute atomic E-state index is 12.3. The number of aryl methyl sites for hydroxylation is 1. The van der Waals surface area contributed by atoms with Crippen molar-refractivity contribution >= 4 is 11.9 Å². The summed E-state index contributed by atoms with van der Waals surface area (Å²) in [6.45, 7) is 1.92. The maximum Gasteiger partial charge on any atom is 0.308 e. The van der Waals surface area contributed by atoms with E-state index in [4.69, 9.17) is 4.42 Å². The molecule has 2 rings (SSSR count). The zero-order valence-electron chi connectivity index (χ0n) is 11.7. The number of carbonyl (C=O) groups excluding carboxylic acids is 1. The van der Waals surface area contributed by atoms with Crippen molar-refractivity contribution < 1.29 is 19.1 Å². The first-order chi connectivity index (χ1) is 9.63. The first-order valence-electron chi connectivity index (χ1n) is 7.23. The highest BCUT2D eigenvalue weighted by molar-refractivity contribution is 5.95. The average molecular weight is 279 g/mol. The molecule has 5 nitrogen and oxygen atoms in total. The Kier molecular flexibility index (Phi) is 4.82. The quantitative estimate of drug-likeness (QED) is 0.830. The second-order valence-corrected chi connectivity index (χ2v) is 5.27. The summed E-state index contributed by atoms with van der Waals surface area (Å²) in [5, 5.41) is 12.2. The van der Waals surface area contributed by atoms with Crippen molar-refractivity contribution in [3.05, 3.63) is 23.7 Å². The number of aliphatic carboxylic acids is 1. The second-order valence-electron chi connectivity index (χ2n) is 5.27. The molecule has 0 spiro atoms. The highest BCUT2D eigenvalue weighted by atomic mass is 16.4. The van der Waals surface area contributed by atoms with Crippen LogP contribution in [0.3, 0.4) is 0 Å². The SMILES string of the molecule is CCc1occc1C(=O)NC1CCCCCC1C(=O)O. The van der Waals surface area contributed by atoms with Crippen LogP contribution in [-0.2, 0) is 11.2 Å². The zero-order chi connectivity index (χ0) is 14.5. The molecule has 1 aliphatic carbocycles. The highest BCUT2D eigenvalue weighted by Crippen LogP contribution is 2.24. The molecule has 20 heavy (non-hydrogen) atoms. The van der Waals surface area contributed by atoms with Crippen LogP contribution in [0.1, 0.15) is 55.1 Å². The van der Waals surface area contributed by atoms with Crippen LogP contribution < -0.4 is 5.32 Å². The smallest absolute Gasteiger partial charge is 0.308 e. The van der Waals surface area contributed by atoms with E-state index >= 15 is 0 Å². The van der Waals surface area contributed by atoms with Gasteiger partial charge in [0.15, 0.2) is 0 Å². The van der Waals surface area contributed by atoms with Crippen molar-refractivity contribution in [1.29, 1.82) is 0 Å². The summed E-state index contributed by atoms with van der Waals surface area (Å²) in [7, 11) is 0. The van der Waals surface area contributed by atoms with Gasteiger partial charge in [-0.3, -0.25) is 9.59 Å². The van der Waals surface area contributed by atoms with Crippen LogP contribution in [0.2, 0.25) is 0 Å². The summed E-state index contributed by atoms with van der Waals surface area (Å²) in [4.78, 5) is 23.6. The number of amides is 1. The third-order valence-electron chi connectivity index (χ3n) is 3.96. The van der Waals surface area contributed by atoms with Crippen molar-refractivity contribution in [2.24, 2.45) is 5.92 Å². The number of hydrogen-bond acceptors (Lipinski definition) is 3. The molecule has 0 aromatic carbocycles. The van der Waals surface area contributed by atoms with E-state index in [2.05, 4.69) is 5.32 Å². The van der Waals surface area contributed by atoms with Gasteiger partial charge in [-0.15, -0.1) is 0 Å². The standard InChI is InChI=1S/C15H21NO4/c1-2-13-11(8-9-20-13)14(17)16-12-7-5-3-4-6-10(12)15(18)19/h8-10,12H,2-7H2,1H3,(H,16,17)(H,18,19). The van der Waals surface area contributed by atoms with E-state index in [9.17, 15) is 14.7 Å². The largest absolute Gasteiger partial charge is 0.481 e. The first-order valence-corrected chi connectivity index (χ1v) is 7.23. The van der Waals surface area contributed by atoms with E-state index < -0.39 is 11.9 Å². The van der Waals surface area contributed by atoms with Gasteiger partial charge in [0, 0.05) is 12.5 Å². The maximum atomic E-state index is 12.3. The molecule has 1 aromatic heterocycles. The lowest BCUT2D eigenvalue weighted by Gasteiger charge is -2.22. The molecule has 2 atom stereocenters. The summed E-state index contributed by atoms with van der Waals surface area (Å²) in [6, 6.07) is 1.35. The van der Waals surface area contributed by atoms with E-state index in [0.29, 0.717) is 24.2 Å². The van der Waals surface area contributed by atoms with Gasteiger partial charge < -0.3 is 14.8 Å². The normalized spacial score (nSPS) is 23.1. The molecule has 1 fully saturated rings. The topological polar surface area (TPSA) is 79.5 Å². The summed E-state index contributed by atoms with van der Waals surface area (Å²) < 4.78 is 5.25. The fourth-order valence-corrected chi connectivity index (χ4v) is 2.84. The number of carbonyl (C=O) groups is 2. The Morgan fingerprint density at radius 3 is 2.80 bits per heavy atom. The van der Waals surface area contributed by atoms with Gasteiger partial charge in [-0.1, -0.05) is 26.2 Å². The second kappa shape index (κ2) is 6.59. The number of nitrogens with one attached hydrogen (secondary N) is 1. The Bertz CT molecular complexity index is 480. The van der Waals surface area contributed by atoms with Gasteiger partial charge in [0.25, 0.3) is 5.91 Å². The molecule has 0 saturated heterocycles. The van der Waals surface area contributed by atoms with Crippen LogP contribution in [0, 0.1) is 5.92 Å². The van der Waals surface area contributed by atoms with Gasteiger partial charge in [-0.05, 0) is 18.9 Å². The molecule has 1 heterocycles. The average Bonchev–Trinajstić information content (AvgIpc) is 2.78. The minimum absolute atomic E-state index is 0.228. The van der Waals surface area contributed by atoms with E-state index in [-0.39, 0.29) is 11.9 Å². The van der Waals surface area contributed by atoms with E-state index in [1.54, 1.807) is 6.07 Å². The predicted molar refractivity (Wildman–Crippen MR) is 73.6 cm³/mol. The van der Waals surface area contributed by atoms with Crippen LogP contribution in [0.4, 0.5) is 0 Å². The molecule has 2 N–H and O–H groups in total. The molecular weight excluding hydrogens is 258 g/mol. The lowest BCUT2D eigenvalue weighted by Crippen LogP contribution is -2.43. The van der Waals surface area contributed by atoms with Crippen LogP contribution >= 0.6 is 0 Å². The van der Waals surface area contributed by atoms with Crippen molar-refractivity contribution in [2.45, 2.75) is 51.5 Å². The fourth-order valence-electron chi connectivity index (χ4n) is 2.84. The van der Waals surface area contributed by atoms with Gasteiger partial charge in [0.1, 0.15) is 5.76 Å².